The van der Waals surface area contributed by atoms with Gasteiger partial charge in [-0.25, -0.2) is 0 Å². The Balaban J connectivity index is 2.49. The second-order valence-electron chi connectivity index (χ2n) is 4.37. The van der Waals surface area contributed by atoms with Crippen molar-refractivity contribution in [1.29, 1.82) is 0 Å². The summed E-state index contributed by atoms with van der Waals surface area (Å²) in [6.45, 7) is 2.16. The fourth-order valence-electron chi connectivity index (χ4n) is 2.08. The number of hydrogen-bond donors (Lipinski definition) is 1. The van der Waals surface area contributed by atoms with Gasteiger partial charge in [0.15, 0.2) is 0 Å². The van der Waals surface area contributed by atoms with E-state index in [1.165, 1.54) is 12.3 Å². The first-order valence-electron chi connectivity index (χ1n) is 6.16. The highest BCUT2D eigenvalue weighted by Gasteiger charge is 2.40. The van der Waals surface area contributed by atoms with Crippen LogP contribution in [0, 0.1) is 0 Å². The van der Waals surface area contributed by atoms with Crippen molar-refractivity contribution in [2.45, 2.75) is 25.6 Å². The van der Waals surface area contributed by atoms with E-state index in [0.717, 1.165) is 5.39 Å². The third-order valence-electron chi connectivity index (χ3n) is 2.95. The number of nitrogens with one attached hydrogen (secondary N) is 1. The smallest absolute Gasteiger partial charge is 0.302 e. The number of fused-ring (bicyclic) bond motifs is 1. The van der Waals surface area contributed by atoms with E-state index in [1.807, 2.05) is 6.92 Å². The Bertz CT molecular complexity index is 546. The van der Waals surface area contributed by atoms with E-state index >= 15 is 0 Å². The maximum atomic E-state index is 13.2. The van der Waals surface area contributed by atoms with E-state index in [-0.39, 0.29) is 5.56 Å². The van der Waals surface area contributed by atoms with Gasteiger partial charge in [-0.1, -0.05) is 25.1 Å². The molecule has 1 heterocycles. The predicted octanol–water partition coefficient (Wildman–Crippen LogP) is 3.84. The summed E-state index contributed by atoms with van der Waals surface area (Å²) in [7, 11) is 0. The van der Waals surface area contributed by atoms with Gasteiger partial charge in [0.2, 0.25) is 0 Å². The molecule has 19 heavy (non-hydrogen) atoms. The van der Waals surface area contributed by atoms with E-state index in [0.29, 0.717) is 18.4 Å². The van der Waals surface area contributed by atoms with Crippen molar-refractivity contribution in [3.05, 3.63) is 42.2 Å². The van der Waals surface area contributed by atoms with E-state index in [9.17, 15) is 13.2 Å². The van der Waals surface area contributed by atoms with Crippen molar-refractivity contribution in [2.24, 2.45) is 0 Å². The van der Waals surface area contributed by atoms with Crippen molar-refractivity contribution >= 4 is 10.8 Å². The third-order valence-corrected chi connectivity index (χ3v) is 2.95. The van der Waals surface area contributed by atoms with Crippen molar-refractivity contribution in [1.82, 2.24) is 10.3 Å². The number of pyridine rings is 1. The highest BCUT2D eigenvalue weighted by atomic mass is 19.4. The first-order valence-corrected chi connectivity index (χ1v) is 6.16. The Morgan fingerprint density at radius 1 is 1.26 bits per heavy atom. The molecular weight excluding hydrogens is 253 g/mol. The molecule has 0 saturated heterocycles. The normalized spacial score (nSPS) is 13.7. The molecule has 5 heteroatoms. The Morgan fingerprint density at radius 2 is 2.05 bits per heavy atom. The molecule has 2 nitrogen and oxygen atoms in total. The van der Waals surface area contributed by atoms with Crippen LogP contribution in [0.25, 0.3) is 10.8 Å². The largest absolute Gasteiger partial charge is 0.407 e. The fourth-order valence-corrected chi connectivity index (χ4v) is 2.08. The molecule has 0 amide bonds. The number of halogens is 3. The van der Waals surface area contributed by atoms with E-state index < -0.39 is 12.2 Å². The summed E-state index contributed by atoms with van der Waals surface area (Å²) in [6.07, 6.45) is -0.611. The third kappa shape index (κ3) is 3.04. The molecule has 0 saturated carbocycles. The second kappa shape index (κ2) is 5.57. The van der Waals surface area contributed by atoms with Gasteiger partial charge >= 0.3 is 6.18 Å². The monoisotopic (exact) mass is 268 g/mol. The van der Waals surface area contributed by atoms with Gasteiger partial charge in [-0.2, -0.15) is 13.2 Å². The van der Waals surface area contributed by atoms with Crippen molar-refractivity contribution in [3.63, 3.8) is 0 Å². The zero-order valence-corrected chi connectivity index (χ0v) is 10.5. The number of aromatic nitrogens is 1. The lowest BCUT2D eigenvalue weighted by atomic mass is 10.00. The van der Waals surface area contributed by atoms with Crippen LogP contribution >= 0.6 is 0 Å². The SMILES string of the molecule is CCCNC(c1cccc2ccncc12)C(F)(F)F. The number of alkyl halides is 3. The van der Waals surface area contributed by atoms with Crippen LogP contribution in [0.3, 0.4) is 0 Å². The molecular formula is C14H15F3N2. The highest BCUT2D eigenvalue weighted by molar-refractivity contribution is 5.85. The van der Waals surface area contributed by atoms with Gasteiger partial charge in [-0.3, -0.25) is 4.98 Å². The van der Waals surface area contributed by atoms with Gasteiger partial charge in [0, 0.05) is 17.8 Å². The van der Waals surface area contributed by atoms with Gasteiger partial charge in [0.25, 0.3) is 0 Å². The molecule has 1 atom stereocenters. The maximum Gasteiger partial charge on any atom is 0.407 e. The summed E-state index contributed by atoms with van der Waals surface area (Å²) in [5, 5.41) is 3.87. The van der Waals surface area contributed by atoms with Crippen LogP contribution in [0.1, 0.15) is 24.9 Å². The second-order valence-corrected chi connectivity index (χ2v) is 4.37. The van der Waals surface area contributed by atoms with Crippen molar-refractivity contribution in [3.8, 4) is 0 Å². The van der Waals surface area contributed by atoms with E-state index in [4.69, 9.17) is 0 Å². The van der Waals surface area contributed by atoms with Gasteiger partial charge in [-0.15, -0.1) is 0 Å². The average molecular weight is 268 g/mol. The first kappa shape index (κ1) is 13.8. The van der Waals surface area contributed by atoms with Crippen LogP contribution in [0.5, 0.6) is 0 Å². The Morgan fingerprint density at radius 3 is 2.74 bits per heavy atom. The minimum atomic E-state index is -4.32. The molecule has 102 valence electrons. The molecule has 1 unspecified atom stereocenters. The molecule has 0 radical (unpaired) electrons. The molecule has 0 aliphatic carbocycles. The molecule has 0 fully saturated rings. The number of hydrogen-bond acceptors (Lipinski definition) is 2. The Kier molecular flexibility index (Phi) is 4.04. The minimum absolute atomic E-state index is 0.228. The first-order chi connectivity index (χ1) is 9.04. The topological polar surface area (TPSA) is 24.9 Å². The summed E-state index contributed by atoms with van der Waals surface area (Å²) in [5.41, 5.74) is 0.228. The van der Waals surface area contributed by atoms with E-state index in [1.54, 1.807) is 24.4 Å². The van der Waals surface area contributed by atoms with Crippen molar-refractivity contribution in [2.75, 3.05) is 6.54 Å². The lowest BCUT2D eigenvalue weighted by Crippen LogP contribution is -2.34. The Labute approximate surface area is 109 Å². The van der Waals surface area contributed by atoms with Crippen LogP contribution in [0.4, 0.5) is 13.2 Å². The van der Waals surface area contributed by atoms with Crippen molar-refractivity contribution < 1.29 is 13.2 Å². The average Bonchev–Trinajstić information content (AvgIpc) is 2.38. The zero-order valence-electron chi connectivity index (χ0n) is 10.5. The summed E-state index contributed by atoms with van der Waals surface area (Å²) in [4.78, 5) is 3.92. The lowest BCUT2D eigenvalue weighted by Gasteiger charge is -2.23. The molecule has 2 aromatic rings. The number of nitrogens with zero attached hydrogens (tertiary/aromatic N) is 1. The molecule has 0 bridgehead atoms. The van der Waals surface area contributed by atoms with Crippen LogP contribution < -0.4 is 5.32 Å². The molecule has 1 N–H and O–H groups in total. The summed E-state index contributed by atoms with van der Waals surface area (Å²) in [6, 6.07) is 5.00. The fraction of sp³-hybridized carbons (Fsp3) is 0.357. The minimum Gasteiger partial charge on any atom is -0.302 e. The predicted molar refractivity (Wildman–Crippen MR) is 68.8 cm³/mol. The molecule has 2 rings (SSSR count). The quantitative estimate of drug-likeness (QED) is 0.911. The van der Waals surface area contributed by atoms with E-state index in [2.05, 4.69) is 10.3 Å². The molecule has 0 spiro atoms. The summed E-state index contributed by atoms with van der Waals surface area (Å²) < 4.78 is 39.5. The summed E-state index contributed by atoms with van der Waals surface area (Å²) in [5.74, 6) is 0. The number of benzene rings is 1. The number of rotatable bonds is 4. The molecule has 0 aliphatic rings. The molecule has 1 aromatic heterocycles. The highest BCUT2D eigenvalue weighted by Crippen LogP contribution is 2.35. The van der Waals surface area contributed by atoms with Crippen LogP contribution in [0.15, 0.2) is 36.7 Å². The van der Waals surface area contributed by atoms with Gasteiger partial charge in [-0.05, 0) is 30.0 Å². The van der Waals surface area contributed by atoms with Crippen LogP contribution in [0.2, 0.25) is 0 Å². The van der Waals surface area contributed by atoms with Crippen LogP contribution in [-0.2, 0) is 0 Å². The van der Waals surface area contributed by atoms with Gasteiger partial charge in [0.05, 0.1) is 0 Å². The molecule has 1 aromatic carbocycles. The Hall–Kier alpha value is -1.62. The zero-order chi connectivity index (χ0) is 13.9. The van der Waals surface area contributed by atoms with Gasteiger partial charge in [0.1, 0.15) is 6.04 Å². The lowest BCUT2D eigenvalue weighted by molar-refractivity contribution is -0.157. The standard InChI is InChI=1S/C14H15F3N2/c1-2-7-19-13(14(15,16)17)11-5-3-4-10-6-8-18-9-12(10)11/h3-6,8-9,13,19H,2,7H2,1H3. The van der Waals surface area contributed by atoms with Gasteiger partial charge < -0.3 is 5.32 Å². The molecule has 0 aliphatic heterocycles. The van der Waals surface area contributed by atoms with Crippen LogP contribution in [-0.4, -0.2) is 17.7 Å². The maximum absolute atomic E-state index is 13.2. The summed E-state index contributed by atoms with van der Waals surface area (Å²) >= 11 is 0.